The highest BCUT2D eigenvalue weighted by Gasteiger charge is 2.59. The monoisotopic (exact) mass is 515 g/mol. The maximum Gasteiger partial charge on any atom is 0.408 e. The Morgan fingerprint density at radius 3 is 1.65 bits per heavy atom. The molecule has 0 aliphatic rings. The number of carbonyl (C=O) groups excluding carboxylic acids is 2. The van der Waals surface area contributed by atoms with E-state index in [1.54, 1.807) is 0 Å². The van der Waals surface area contributed by atoms with Crippen molar-refractivity contribution in [3.63, 3.8) is 0 Å². The van der Waals surface area contributed by atoms with Crippen LogP contribution in [0.5, 0.6) is 0 Å². The maximum atomic E-state index is 16.7. The molecule has 0 bridgehead atoms. The maximum absolute atomic E-state index is 16.7. The lowest BCUT2D eigenvalue weighted by Crippen LogP contribution is -2.52. The smallest absolute Gasteiger partial charge is 0.408 e. The number of amides is 1. The SMILES string of the molecule is COC(=O)[C@H](CC(F)(S(=O)(=O)c1ccccc1)S(=O)(=O)c1ccccc1)NC(=O)OC(C)(C)C. The van der Waals surface area contributed by atoms with Crippen LogP contribution in [0.4, 0.5) is 9.18 Å². The van der Waals surface area contributed by atoms with Gasteiger partial charge in [-0.25, -0.2) is 30.8 Å². The summed E-state index contributed by atoms with van der Waals surface area (Å²) in [5, 5.41) is 2.02. The second-order valence-electron chi connectivity index (χ2n) is 8.22. The molecule has 186 valence electrons. The summed E-state index contributed by atoms with van der Waals surface area (Å²) < 4.78 is 75.8. The first-order valence-electron chi connectivity index (χ1n) is 10.0. The van der Waals surface area contributed by atoms with Gasteiger partial charge in [-0.05, 0) is 45.0 Å². The Bertz CT molecular complexity index is 1160. The zero-order chi connectivity index (χ0) is 25.8. The number of alkyl carbamates (subject to hydrolysis) is 1. The first kappa shape index (κ1) is 27.3. The van der Waals surface area contributed by atoms with Gasteiger partial charge in [0.15, 0.2) is 0 Å². The molecule has 0 aliphatic carbocycles. The van der Waals surface area contributed by atoms with E-state index in [9.17, 15) is 26.4 Å². The number of esters is 1. The minimum Gasteiger partial charge on any atom is -0.467 e. The number of hydrogen-bond acceptors (Lipinski definition) is 8. The van der Waals surface area contributed by atoms with Crippen molar-refractivity contribution in [2.45, 2.75) is 53.0 Å². The van der Waals surface area contributed by atoms with E-state index in [1.807, 2.05) is 5.32 Å². The number of sulfone groups is 2. The average molecular weight is 516 g/mol. The van der Waals surface area contributed by atoms with Crippen LogP contribution in [0, 0.1) is 0 Å². The molecule has 0 aliphatic heterocycles. The van der Waals surface area contributed by atoms with Gasteiger partial charge in [-0.2, -0.15) is 0 Å². The molecular formula is C22H26FNO8S2. The summed E-state index contributed by atoms with van der Waals surface area (Å²) in [5.74, 6) is -1.26. The summed E-state index contributed by atoms with van der Waals surface area (Å²) in [5.41, 5.74) is -1.01. The molecule has 9 nitrogen and oxygen atoms in total. The summed E-state index contributed by atoms with van der Waals surface area (Å²) in [4.78, 5) is 23.4. The van der Waals surface area contributed by atoms with Crippen LogP contribution < -0.4 is 5.32 Å². The van der Waals surface area contributed by atoms with Crippen molar-refractivity contribution in [2.75, 3.05) is 7.11 Å². The lowest BCUT2D eigenvalue weighted by Gasteiger charge is -2.29. The molecule has 12 heteroatoms. The first-order chi connectivity index (χ1) is 15.7. The molecule has 2 rings (SSSR count). The summed E-state index contributed by atoms with van der Waals surface area (Å²) in [6, 6.07) is 10.2. The van der Waals surface area contributed by atoms with Gasteiger partial charge in [0, 0.05) is 6.42 Å². The molecule has 34 heavy (non-hydrogen) atoms. The van der Waals surface area contributed by atoms with Gasteiger partial charge in [-0.1, -0.05) is 36.4 Å². The summed E-state index contributed by atoms with van der Waals surface area (Å²) >= 11 is 0. The van der Waals surface area contributed by atoms with Crippen LogP contribution in [-0.2, 0) is 33.9 Å². The van der Waals surface area contributed by atoms with Gasteiger partial charge in [0.2, 0.25) is 19.7 Å². The predicted octanol–water partition coefficient (Wildman–Crippen LogP) is 3.01. The quantitative estimate of drug-likeness (QED) is 0.531. The molecule has 2 aromatic rings. The number of ether oxygens (including phenoxy) is 2. The third-order valence-electron chi connectivity index (χ3n) is 4.53. The summed E-state index contributed by atoms with van der Waals surface area (Å²) in [7, 11) is -9.62. The van der Waals surface area contributed by atoms with Crippen molar-refractivity contribution >= 4 is 31.7 Å². The average Bonchev–Trinajstić information content (AvgIpc) is 2.77. The van der Waals surface area contributed by atoms with Gasteiger partial charge in [0.25, 0.3) is 0 Å². The van der Waals surface area contributed by atoms with Crippen LogP contribution in [0.25, 0.3) is 0 Å². The number of nitrogens with one attached hydrogen (secondary N) is 1. The van der Waals surface area contributed by atoms with Crippen LogP contribution >= 0.6 is 0 Å². The van der Waals surface area contributed by atoms with Gasteiger partial charge in [0.1, 0.15) is 11.6 Å². The molecule has 1 amide bonds. The van der Waals surface area contributed by atoms with E-state index in [-0.39, 0.29) is 0 Å². The molecule has 0 saturated carbocycles. The van der Waals surface area contributed by atoms with Crippen LogP contribution in [0.3, 0.4) is 0 Å². The van der Waals surface area contributed by atoms with Gasteiger partial charge >= 0.3 is 16.4 Å². The number of methoxy groups -OCH3 is 1. The molecule has 1 N–H and O–H groups in total. The largest absolute Gasteiger partial charge is 0.467 e. The number of hydrogen-bond donors (Lipinski definition) is 1. The normalized spacial score (nSPS) is 13.6. The Balaban J connectivity index is 2.67. The second-order valence-corrected chi connectivity index (χ2v) is 12.7. The van der Waals surface area contributed by atoms with Crippen molar-refractivity contribution < 1.29 is 40.3 Å². The van der Waals surface area contributed by atoms with Gasteiger partial charge in [-0.3, -0.25) is 0 Å². The number of rotatable bonds is 8. The Kier molecular flexibility index (Phi) is 8.10. The zero-order valence-electron chi connectivity index (χ0n) is 19.0. The van der Waals surface area contributed by atoms with E-state index in [0.29, 0.717) is 0 Å². The highest BCUT2D eigenvalue weighted by Crippen LogP contribution is 2.40. The Hall–Kier alpha value is -2.99. The minimum absolute atomic E-state index is 0.627. The fourth-order valence-electron chi connectivity index (χ4n) is 2.94. The topological polar surface area (TPSA) is 133 Å². The Labute approximate surface area is 198 Å². The molecule has 0 aromatic heterocycles. The standard InChI is InChI=1S/C22H26FNO8S2/c1-21(2,3)32-20(26)24-18(19(25)31-4)15-22(23,33(27,28)16-11-7-5-8-12-16)34(29,30)17-13-9-6-10-14-17/h5-14,18H,15H2,1-4H3,(H,24,26)/t18-/m0/s1. The van der Waals surface area contributed by atoms with Crippen LogP contribution in [0.2, 0.25) is 0 Å². The molecule has 0 unspecified atom stereocenters. The molecule has 2 aromatic carbocycles. The van der Waals surface area contributed by atoms with Crippen LogP contribution in [0.15, 0.2) is 70.5 Å². The molecule has 0 heterocycles. The first-order valence-corrected chi connectivity index (χ1v) is 13.0. The summed E-state index contributed by atoms with van der Waals surface area (Å²) in [6.45, 7) is 4.58. The number of carbonyl (C=O) groups is 2. The molecule has 0 fully saturated rings. The van der Waals surface area contributed by atoms with Crippen molar-refractivity contribution in [1.82, 2.24) is 5.32 Å². The van der Waals surface area contributed by atoms with E-state index in [0.717, 1.165) is 31.4 Å². The third kappa shape index (κ3) is 5.73. The Morgan fingerprint density at radius 1 is 0.882 bits per heavy atom. The fraction of sp³-hybridized carbons (Fsp3) is 0.364. The fourth-order valence-corrected chi connectivity index (χ4v) is 7.18. The lowest BCUT2D eigenvalue weighted by atomic mass is 10.2. The zero-order valence-corrected chi connectivity index (χ0v) is 20.7. The van der Waals surface area contributed by atoms with Crippen molar-refractivity contribution in [3.05, 3.63) is 60.7 Å². The van der Waals surface area contributed by atoms with E-state index >= 15 is 4.39 Å². The number of alkyl halides is 1. The van der Waals surface area contributed by atoms with Gasteiger partial charge < -0.3 is 14.8 Å². The van der Waals surface area contributed by atoms with Crippen molar-refractivity contribution in [2.24, 2.45) is 0 Å². The van der Waals surface area contributed by atoms with Crippen LogP contribution in [0.1, 0.15) is 27.2 Å². The van der Waals surface area contributed by atoms with E-state index in [2.05, 4.69) is 4.74 Å². The molecular weight excluding hydrogens is 489 g/mol. The lowest BCUT2D eigenvalue weighted by molar-refractivity contribution is -0.143. The van der Waals surface area contributed by atoms with E-state index < -0.39 is 63.9 Å². The van der Waals surface area contributed by atoms with Gasteiger partial charge in [0.05, 0.1) is 16.9 Å². The molecule has 0 radical (unpaired) electrons. The highest BCUT2D eigenvalue weighted by molar-refractivity contribution is 8.10. The second kappa shape index (κ2) is 10.1. The van der Waals surface area contributed by atoms with Crippen LogP contribution in [-0.4, -0.2) is 52.0 Å². The number of halogens is 1. The van der Waals surface area contributed by atoms with E-state index in [1.165, 1.54) is 57.2 Å². The van der Waals surface area contributed by atoms with Crippen molar-refractivity contribution in [3.8, 4) is 0 Å². The number of benzene rings is 2. The molecule has 0 saturated heterocycles. The third-order valence-corrected chi connectivity index (χ3v) is 9.57. The molecule has 1 atom stereocenters. The molecule has 0 spiro atoms. The van der Waals surface area contributed by atoms with Gasteiger partial charge in [-0.15, -0.1) is 0 Å². The Morgan fingerprint density at radius 2 is 1.29 bits per heavy atom. The van der Waals surface area contributed by atoms with Crippen molar-refractivity contribution in [1.29, 1.82) is 0 Å². The minimum atomic E-state index is -5.27. The van der Waals surface area contributed by atoms with E-state index in [4.69, 9.17) is 4.74 Å². The predicted molar refractivity (Wildman–Crippen MR) is 121 cm³/mol. The summed E-state index contributed by atoms with van der Waals surface area (Å²) in [6.07, 6.45) is -2.69. The highest BCUT2D eigenvalue weighted by atomic mass is 32.3.